The van der Waals surface area contributed by atoms with Crippen molar-refractivity contribution in [2.75, 3.05) is 18.7 Å². The van der Waals surface area contributed by atoms with Gasteiger partial charge < -0.3 is 10.1 Å². The first kappa shape index (κ1) is 16.8. The topological polar surface area (TPSA) is 81.5 Å². The van der Waals surface area contributed by atoms with Gasteiger partial charge in [0.2, 0.25) is 0 Å². The molecule has 0 atom stereocenters. The van der Waals surface area contributed by atoms with Crippen LogP contribution in [0.3, 0.4) is 0 Å². The Bertz CT molecular complexity index is 553. The number of hydrogen-bond donors (Lipinski definition) is 1. The van der Waals surface area contributed by atoms with Crippen LogP contribution in [0, 0.1) is 10.1 Å². The van der Waals surface area contributed by atoms with Gasteiger partial charge in [-0.1, -0.05) is 24.3 Å². The molecule has 0 aliphatic carbocycles. The second-order valence-electron chi connectivity index (χ2n) is 3.91. The highest BCUT2D eigenvalue weighted by Gasteiger charge is 2.02. The number of hydrogen-bond acceptors (Lipinski definition) is 6. The molecular formula is C14H16N2O4S. The summed E-state index contributed by atoms with van der Waals surface area (Å²) in [4.78, 5) is 20.9. The summed E-state index contributed by atoms with van der Waals surface area (Å²) in [6.07, 6.45) is 6.43. The van der Waals surface area contributed by atoms with E-state index in [9.17, 15) is 14.9 Å². The number of methoxy groups -OCH3 is 1. The van der Waals surface area contributed by atoms with E-state index in [0.29, 0.717) is 5.03 Å². The molecule has 0 unspecified atom stereocenters. The van der Waals surface area contributed by atoms with E-state index < -0.39 is 4.92 Å². The van der Waals surface area contributed by atoms with E-state index in [1.165, 1.54) is 18.9 Å². The maximum Gasteiger partial charge on any atom is 0.309 e. The van der Waals surface area contributed by atoms with Crippen LogP contribution in [0.25, 0.3) is 6.08 Å². The summed E-state index contributed by atoms with van der Waals surface area (Å²) in [6.45, 7) is 0. The molecule has 6 nitrogen and oxygen atoms in total. The molecule has 0 saturated heterocycles. The van der Waals surface area contributed by atoms with Crippen molar-refractivity contribution >= 4 is 29.5 Å². The molecule has 0 aromatic heterocycles. The molecule has 1 rings (SSSR count). The van der Waals surface area contributed by atoms with Gasteiger partial charge in [0.25, 0.3) is 6.20 Å². The second kappa shape index (κ2) is 8.80. The van der Waals surface area contributed by atoms with Crippen molar-refractivity contribution in [1.29, 1.82) is 0 Å². The van der Waals surface area contributed by atoms with Crippen molar-refractivity contribution in [1.82, 2.24) is 0 Å². The van der Waals surface area contributed by atoms with Crippen LogP contribution in [0.15, 0.2) is 41.6 Å². The fourth-order valence-electron chi connectivity index (χ4n) is 1.43. The summed E-state index contributed by atoms with van der Waals surface area (Å²) in [5, 5.41) is 13.8. The molecular weight excluding hydrogens is 292 g/mol. The maximum atomic E-state index is 11.0. The number of rotatable bonds is 7. The molecule has 1 N–H and O–H groups in total. The first-order valence-electron chi connectivity index (χ1n) is 6.05. The summed E-state index contributed by atoms with van der Waals surface area (Å²) < 4.78 is 4.53. The first-order valence-corrected chi connectivity index (χ1v) is 7.27. The summed E-state index contributed by atoms with van der Waals surface area (Å²) in [7, 11) is 1.35. The highest BCUT2D eigenvalue weighted by Crippen LogP contribution is 2.18. The minimum atomic E-state index is -0.497. The molecule has 0 heterocycles. The third-order valence-electron chi connectivity index (χ3n) is 2.44. The van der Waals surface area contributed by atoms with Crippen molar-refractivity contribution in [3.63, 3.8) is 0 Å². The van der Waals surface area contributed by atoms with Gasteiger partial charge in [-0.15, -0.1) is 11.8 Å². The normalized spacial score (nSPS) is 11.4. The lowest BCUT2D eigenvalue weighted by Gasteiger charge is -2.06. The van der Waals surface area contributed by atoms with Crippen LogP contribution in [0.2, 0.25) is 0 Å². The van der Waals surface area contributed by atoms with Gasteiger partial charge in [0.1, 0.15) is 5.03 Å². The molecule has 0 aliphatic rings. The summed E-state index contributed by atoms with van der Waals surface area (Å²) in [5.41, 5.74) is 1.68. The van der Waals surface area contributed by atoms with E-state index in [2.05, 4.69) is 10.1 Å². The quantitative estimate of drug-likeness (QED) is 0.473. The van der Waals surface area contributed by atoms with Crippen LogP contribution < -0.4 is 5.32 Å². The number of benzene rings is 1. The van der Waals surface area contributed by atoms with E-state index in [-0.39, 0.29) is 12.4 Å². The summed E-state index contributed by atoms with van der Waals surface area (Å²) in [6, 6.07) is 7.31. The van der Waals surface area contributed by atoms with Crippen LogP contribution in [-0.4, -0.2) is 24.3 Å². The number of nitrogens with one attached hydrogen (secondary N) is 1. The highest BCUT2D eigenvalue weighted by molar-refractivity contribution is 8.02. The lowest BCUT2D eigenvalue weighted by molar-refractivity contribution is -0.402. The number of esters is 1. The van der Waals surface area contributed by atoms with Gasteiger partial charge in [0, 0.05) is 5.69 Å². The molecule has 0 radical (unpaired) electrons. The van der Waals surface area contributed by atoms with Crippen LogP contribution >= 0.6 is 11.8 Å². The monoisotopic (exact) mass is 308 g/mol. The zero-order chi connectivity index (χ0) is 15.7. The number of carbonyl (C=O) groups excluding carboxylic acids is 1. The lowest BCUT2D eigenvalue weighted by Crippen LogP contribution is -1.99. The zero-order valence-corrected chi connectivity index (χ0v) is 12.6. The number of ether oxygens (including phenoxy) is 1. The van der Waals surface area contributed by atoms with E-state index in [0.717, 1.165) is 17.5 Å². The molecule has 7 heteroatoms. The molecule has 0 fully saturated rings. The Kier molecular flexibility index (Phi) is 7.03. The fraction of sp³-hybridized carbons (Fsp3) is 0.214. The molecule has 1 aromatic rings. The molecule has 21 heavy (non-hydrogen) atoms. The Balaban J connectivity index is 2.65. The van der Waals surface area contributed by atoms with E-state index in [1.54, 1.807) is 12.3 Å². The largest absolute Gasteiger partial charge is 0.469 e. The third kappa shape index (κ3) is 6.62. The number of thioether (sulfide) groups is 1. The van der Waals surface area contributed by atoms with Gasteiger partial charge in [-0.25, -0.2) is 0 Å². The first-order chi connectivity index (χ1) is 10.0. The average molecular weight is 308 g/mol. The fourth-order valence-corrected chi connectivity index (χ4v) is 1.84. The number of carbonyl (C=O) groups is 1. The molecule has 0 aliphatic heterocycles. The Morgan fingerprint density at radius 1 is 1.43 bits per heavy atom. The van der Waals surface area contributed by atoms with Gasteiger partial charge in [0.05, 0.1) is 18.5 Å². The minimum absolute atomic E-state index is 0.221. The molecule has 0 amide bonds. The lowest BCUT2D eigenvalue weighted by atomic mass is 10.2. The van der Waals surface area contributed by atoms with Crippen molar-refractivity contribution in [3.05, 3.63) is 57.2 Å². The minimum Gasteiger partial charge on any atom is -0.469 e. The van der Waals surface area contributed by atoms with Crippen molar-refractivity contribution in [3.8, 4) is 0 Å². The van der Waals surface area contributed by atoms with E-state index in [4.69, 9.17) is 0 Å². The van der Waals surface area contributed by atoms with Gasteiger partial charge in [0.15, 0.2) is 0 Å². The van der Waals surface area contributed by atoms with Crippen LogP contribution in [0.1, 0.15) is 12.0 Å². The summed E-state index contributed by atoms with van der Waals surface area (Å²) >= 11 is 1.26. The van der Waals surface area contributed by atoms with Crippen molar-refractivity contribution < 1.29 is 14.5 Å². The van der Waals surface area contributed by atoms with Crippen LogP contribution in [-0.2, 0) is 9.53 Å². The second-order valence-corrected chi connectivity index (χ2v) is 4.76. The molecule has 1 aromatic carbocycles. The van der Waals surface area contributed by atoms with E-state index in [1.807, 2.05) is 30.3 Å². The van der Waals surface area contributed by atoms with Crippen LogP contribution in [0.4, 0.5) is 5.69 Å². The van der Waals surface area contributed by atoms with E-state index >= 15 is 0 Å². The predicted molar refractivity (Wildman–Crippen MR) is 84.3 cm³/mol. The number of nitro groups is 1. The van der Waals surface area contributed by atoms with Crippen molar-refractivity contribution in [2.24, 2.45) is 0 Å². The molecule has 0 spiro atoms. The standard InChI is InChI=1S/C14H16N2O4S/c1-20-14(17)5-3-4-11-6-8-12(9-7-11)15-13(21-2)10-16(18)19/h3-4,6-10,15H,5H2,1-2H3/b4-3+,13-10-. The number of anilines is 1. The van der Waals surface area contributed by atoms with Gasteiger partial charge in [-0.2, -0.15) is 0 Å². The Hall–Kier alpha value is -2.28. The van der Waals surface area contributed by atoms with Gasteiger partial charge in [-0.05, 0) is 24.0 Å². The van der Waals surface area contributed by atoms with Gasteiger partial charge >= 0.3 is 5.97 Å². The van der Waals surface area contributed by atoms with Gasteiger partial charge in [-0.3, -0.25) is 14.9 Å². The predicted octanol–water partition coefficient (Wildman–Crippen LogP) is 3.11. The zero-order valence-electron chi connectivity index (χ0n) is 11.7. The Morgan fingerprint density at radius 2 is 2.10 bits per heavy atom. The highest BCUT2D eigenvalue weighted by atomic mass is 32.2. The Labute approximate surface area is 127 Å². The third-order valence-corrected chi connectivity index (χ3v) is 3.09. The average Bonchev–Trinajstić information content (AvgIpc) is 2.47. The maximum absolute atomic E-state index is 11.0. The van der Waals surface area contributed by atoms with Crippen LogP contribution in [0.5, 0.6) is 0 Å². The number of nitrogens with zero attached hydrogens (tertiary/aromatic N) is 1. The molecule has 0 saturated carbocycles. The Morgan fingerprint density at radius 3 is 2.62 bits per heavy atom. The summed E-state index contributed by atoms with van der Waals surface area (Å²) in [5.74, 6) is -0.293. The smallest absolute Gasteiger partial charge is 0.309 e. The molecule has 0 bridgehead atoms. The SMILES string of the molecule is COC(=O)C/C=C/c1ccc(N/C(=C/[N+](=O)[O-])SC)cc1. The van der Waals surface area contributed by atoms with Crippen molar-refractivity contribution in [2.45, 2.75) is 6.42 Å². The molecule has 112 valence electrons.